The second-order valence-corrected chi connectivity index (χ2v) is 11.4. The summed E-state index contributed by atoms with van der Waals surface area (Å²) in [6.45, 7) is 3.46. The molecule has 24 heavy (non-hydrogen) atoms. The normalized spacial score (nSPS) is 25.5. The monoisotopic (exact) mass is 336 g/mol. The molecule has 1 aliphatic carbocycles. The molecule has 2 aliphatic rings. The van der Waals surface area contributed by atoms with Gasteiger partial charge < -0.3 is 4.43 Å². The molecular weight excluding hydrogens is 308 g/mol. The van der Waals surface area contributed by atoms with Crippen LogP contribution in [-0.2, 0) is 4.43 Å². The average Bonchev–Trinajstić information content (AvgIpc) is 2.66. The molecule has 1 spiro atoms. The van der Waals surface area contributed by atoms with E-state index in [2.05, 4.69) is 67.6 Å². The summed E-state index contributed by atoms with van der Waals surface area (Å²) < 4.78 is 6.94. The Morgan fingerprint density at radius 2 is 1.38 bits per heavy atom. The van der Waals surface area contributed by atoms with Gasteiger partial charge in [0.1, 0.15) is 0 Å². The molecule has 2 fully saturated rings. The third-order valence-electron chi connectivity index (χ3n) is 6.57. The van der Waals surface area contributed by atoms with Crippen LogP contribution in [0.2, 0.25) is 6.04 Å². The van der Waals surface area contributed by atoms with Crippen molar-refractivity contribution in [2.45, 2.75) is 45.1 Å². The van der Waals surface area contributed by atoms with E-state index in [4.69, 9.17) is 4.43 Å². The molecule has 1 heterocycles. The highest BCUT2D eigenvalue weighted by Crippen LogP contribution is 2.49. The van der Waals surface area contributed by atoms with Gasteiger partial charge in [-0.2, -0.15) is 0 Å². The molecule has 0 N–H and O–H groups in total. The molecule has 1 aliphatic heterocycles. The van der Waals surface area contributed by atoms with E-state index in [1.54, 1.807) is 0 Å². The van der Waals surface area contributed by atoms with Gasteiger partial charge in [-0.15, -0.1) is 0 Å². The summed E-state index contributed by atoms with van der Waals surface area (Å²) in [4.78, 5) is 0. The summed E-state index contributed by atoms with van der Waals surface area (Å²) >= 11 is 0. The van der Waals surface area contributed by atoms with E-state index in [1.165, 1.54) is 48.5 Å². The second-order valence-electron chi connectivity index (χ2n) is 7.88. The zero-order valence-electron chi connectivity index (χ0n) is 14.7. The highest BCUT2D eigenvalue weighted by atomic mass is 28.4. The molecule has 4 rings (SSSR count). The molecular formula is C22H28OSi. The molecule has 1 unspecified atom stereocenters. The van der Waals surface area contributed by atoms with Crippen molar-refractivity contribution in [2.24, 2.45) is 11.3 Å². The molecule has 0 amide bonds. The van der Waals surface area contributed by atoms with Crippen LogP contribution < -0.4 is 10.4 Å². The highest BCUT2D eigenvalue weighted by molar-refractivity contribution is 6.97. The van der Waals surface area contributed by atoms with Gasteiger partial charge in [0.15, 0.2) is 0 Å². The quantitative estimate of drug-likeness (QED) is 0.740. The second kappa shape index (κ2) is 6.49. The van der Waals surface area contributed by atoms with Gasteiger partial charge >= 0.3 is 0 Å². The van der Waals surface area contributed by atoms with Crippen LogP contribution in [0.5, 0.6) is 0 Å². The maximum Gasteiger partial charge on any atom is 0.256 e. The fraction of sp³-hybridized carbons (Fsp3) is 0.455. The summed E-state index contributed by atoms with van der Waals surface area (Å²) in [7, 11) is -2.11. The molecule has 126 valence electrons. The molecule has 0 aromatic heterocycles. The van der Waals surface area contributed by atoms with Gasteiger partial charge in [-0.3, -0.25) is 0 Å². The number of hydrogen-bond donors (Lipinski definition) is 0. The van der Waals surface area contributed by atoms with Crippen LogP contribution >= 0.6 is 0 Å². The van der Waals surface area contributed by atoms with Crippen molar-refractivity contribution in [1.29, 1.82) is 0 Å². The maximum atomic E-state index is 6.94. The predicted molar refractivity (Wildman–Crippen MR) is 103 cm³/mol. The topological polar surface area (TPSA) is 9.23 Å². The van der Waals surface area contributed by atoms with E-state index in [-0.39, 0.29) is 0 Å². The highest BCUT2D eigenvalue weighted by Gasteiger charge is 2.51. The van der Waals surface area contributed by atoms with Crippen LogP contribution in [0.25, 0.3) is 0 Å². The molecule has 1 saturated carbocycles. The molecule has 2 aromatic carbocycles. The Morgan fingerprint density at radius 1 is 0.833 bits per heavy atom. The Bertz CT molecular complexity index is 621. The zero-order chi connectivity index (χ0) is 16.5. The Morgan fingerprint density at radius 3 is 1.88 bits per heavy atom. The molecule has 1 saturated heterocycles. The summed E-state index contributed by atoms with van der Waals surface area (Å²) in [5.74, 6) is 0.749. The minimum atomic E-state index is -2.11. The number of rotatable bonds is 2. The first-order valence-corrected chi connectivity index (χ1v) is 11.6. The molecule has 0 radical (unpaired) electrons. The first-order valence-electron chi connectivity index (χ1n) is 9.50. The van der Waals surface area contributed by atoms with Crippen molar-refractivity contribution < 1.29 is 4.43 Å². The third kappa shape index (κ3) is 2.66. The molecule has 1 atom stereocenters. The maximum absolute atomic E-state index is 6.94. The third-order valence-corrected chi connectivity index (χ3v) is 10.9. The minimum Gasteiger partial charge on any atom is -0.407 e. The summed E-state index contributed by atoms with van der Waals surface area (Å²) in [5, 5.41) is 2.88. The van der Waals surface area contributed by atoms with Gasteiger partial charge in [-0.1, -0.05) is 86.8 Å². The van der Waals surface area contributed by atoms with Crippen LogP contribution in [-0.4, -0.2) is 14.9 Å². The van der Waals surface area contributed by atoms with E-state index < -0.39 is 8.32 Å². The molecule has 2 heteroatoms. The first kappa shape index (κ1) is 16.1. The predicted octanol–water partition coefficient (Wildman–Crippen LogP) is 4.36. The average molecular weight is 337 g/mol. The van der Waals surface area contributed by atoms with Crippen molar-refractivity contribution in [3.8, 4) is 0 Å². The van der Waals surface area contributed by atoms with Gasteiger partial charge in [0.05, 0.1) is 0 Å². The Hall–Kier alpha value is -1.38. The Kier molecular flexibility index (Phi) is 4.36. The van der Waals surface area contributed by atoms with E-state index in [9.17, 15) is 0 Å². The standard InChI is InChI=1S/C22H28OSi/c1-19-17-24(20-11-5-2-6-12-20,21-13-7-3-8-14-21)23-18-22(19)15-9-4-10-16-22/h2-3,5-8,11-14,19H,4,9-10,15-18H2,1H3. The molecule has 2 aromatic rings. The lowest BCUT2D eigenvalue weighted by molar-refractivity contribution is 0.0246. The largest absolute Gasteiger partial charge is 0.407 e. The fourth-order valence-electron chi connectivity index (χ4n) is 4.99. The zero-order valence-corrected chi connectivity index (χ0v) is 15.7. The van der Waals surface area contributed by atoms with Crippen molar-refractivity contribution in [2.75, 3.05) is 6.61 Å². The van der Waals surface area contributed by atoms with E-state index >= 15 is 0 Å². The molecule has 1 nitrogen and oxygen atoms in total. The lowest BCUT2D eigenvalue weighted by Gasteiger charge is -2.51. The Balaban J connectivity index is 1.74. The fourth-order valence-corrected chi connectivity index (χ4v) is 9.54. The molecule has 0 bridgehead atoms. The summed E-state index contributed by atoms with van der Waals surface area (Å²) in [6.07, 6.45) is 6.91. The van der Waals surface area contributed by atoms with Crippen molar-refractivity contribution in [1.82, 2.24) is 0 Å². The smallest absolute Gasteiger partial charge is 0.256 e. The van der Waals surface area contributed by atoms with E-state index in [1.807, 2.05) is 0 Å². The van der Waals surface area contributed by atoms with Crippen molar-refractivity contribution in [3.05, 3.63) is 60.7 Å². The van der Waals surface area contributed by atoms with Crippen LogP contribution in [0.3, 0.4) is 0 Å². The van der Waals surface area contributed by atoms with E-state index in [0.717, 1.165) is 12.5 Å². The Labute approximate surface area is 147 Å². The van der Waals surface area contributed by atoms with Gasteiger partial charge in [0.2, 0.25) is 0 Å². The van der Waals surface area contributed by atoms with Crippen LogP contribution in [0, 0.1) is 11.3 Å². The SMILES string of the molecule is CC1C[Si](c2ccccc2)(c2ccccc2)OCC12CCCCC2. The van der Waals surface area contributed by atoms with Crippen molar-refractivity contribution >= 4 is 18.7 Å². The summed E-state index contributed by atoms with van der Waals surface area (Å²) in [6, 6.07) is 23.3. The van der Waals surface area contributed by atoms with Gasteiger partial charge in [-0.05, 0) is 40.6 Å². The summed E-state index contributed by atoms with van der Waals surface area (Å²) in [5.41, 5.74) is 0.443. The lowest BCUT2D eigenvalue weighted by atomic mass is 9.67. The van der Waals surface area contributed by atoms with E-state index in [0.29, 0.717) is 5.41 Å². The van der Waals surface area contributed by atoms with Crippen LogP contribution in [0.15, 0.2) is 60.7 Å². The lowest BCUT2D eigenvalue weighted by Crippen LogP contribution is -2.66. The van der Waals surface area contributed by atoms with Gasteiger partial charge in [0.25, 0.3) is 8.32 Å². The van der Waals surface area contributed by atoms with Gasteiger partial charge in [-0.25, -0.2) is 0 Å². The minimum absolute atomic E-state index is 0.443. The van der Waals surface area contributed by atoms with Crippen LogP contribution in [0.1, 0.15) is 39.0 Å². The number of benzene rings is 2. The first-order chi connectivity index (χ1) is 11.8. The van der Waals surface area contributed by atoms with Crippen molar-refractivity contribution in [3.63, 3.8) is 0 Å². The number of hydrogen-bond acceptors (Lipinski definition) is 1. The van der Waals surface area contributed by atoms with Gasteiger partial charge in [0, 0.05) is 6.61 Å². The van der Waals surface area contributed by atoms with Crippen LogP contribution in [0.4, 0.5) is 0 Å².